The van der Waals surface area contributed by atoms with Crippen LogP contribution in [-0.4, -0.2) is 22.6 Å². The highest BCUT2D eigenvalue weighted by Crippen LogP contribution is 2.22. The van der Waals surface area contributed by atoms with E-state index in [0.717, 1.165) is 22.2 Å². The molecule has 0 radical (unpaired) electrons. The van der Waals surface area contributed by atoms with Gasteiger partial charge >= 0.3 is 6.09 Å². The lowest BCUT2D eigenvalue weighted by Crippen LogP contribution is -2.24. The van der Waals surface area contributed by atoms with Crippen LogP contribution in [0.2, 0.25) is 0 Å². The third-order valence-corrected chi connectivity index (χ3v) is 3.79. The molecule has 6 heteroatoms. The van der Waals surface area contributed by atoms with Crippen LogP contribution in [-0.2, 0) is 11.3 Å². The molecule has 1 aromatic heterocycles. The maximum atomic E-state index is 11.7. The van der Waals surface area contributed by atoms with Gasteiger partial charge in [0.05, 0.1) is 11.0 Å². The fourth-order valence-electron chi connectivity index (χ4n) is 2.48. The number of nitrogens with one attached hydrogen (secondary N) is 1. The van der Waals surface area contributed by atoms with Crippen LogP contribution < -0.4 is 11.1 Å². The number of fused-ring (bicyclic) bond motifs is 1. The summed E-state index contributed by atoms with van der Waals surface area (Å²) < 4.78 is 5.16. The molecule has 6 nitrogen and oxygen atoms in total. The maximum absolute atomic E-state index is 11.7. The topological polar surface area (TPSA) is 90.1 Å². The first-order valence-electron chi connectivity index (χ1n) is 8.34. The fraction of sp³-hybridized carbons (Fsp3) is 0.150. The summed E-state index contributed by atoms with van der Waals surface area (Å²) in [4.78, 5) is 20.3. The third-order valence-electron chi connectivity index (χ3n) is 3.79. The number of aromatic nitrogens is 2. The highest BCUT2D eigenvalue weighted by Gasteiger charge is 2.04. The number of anilines is 1. The Hall–Kier alpha value is -3.41. The number of alkyl carbamates (subject to hydrolysis) is 1. The van der Waals surface area contributed by atoms with Gasteiger partial charge in [-0.15, -0.1) is 0 Å². The Kier molecular flexibility index (Phi) is 5.77. The second kappa shape index (κ2) is 8.62. The predicted octanol–water partition coefficient (Wildman–Crippen LogP) is 3.54. The van der Waals surface area contributed by atoms with E-state index >= 15 is 0 Å². The molecule has 0 unspecified atom stereocenters. The molecule has 0 aliphatic rings. The molecule has 0 saturated carbocycles. The summed E-state index contributed by atoms with van der Waals surface area (Å²) in [6.07, 6.45) is 7.36. The van der Waals surface area contributed by atoms with Crippen molar-refractivity contribution in [2.24, 2.45) is 0 Å². The van der Waals surface area contributed by atoms with E-state index in [1.807, 2.05) is 54.6 Å². The number of carbonyl (C=O) groups is 1. The lowest BCUT2D eigenvalue weighted by Gasteiger charge is -2.06. The number of nitrogen functional groups attached to an aromatic ring is 1. The van der Waals surface area contributed by atoms with Crippen molar-refractivity contribution in [2.45, 2.75) is 13.0 Å². The number of amides is 1. The molecule has 0 spiro atoms. The summed E-state index contributed by atoms with van der Waals surface area (Å²) in [5, 5.41) is 2.72. The van der Waals surface area contributed by atoms with Crippen molar-refractivity contribution in [3.63, 3.8) is 0 Å². The SMILES string of the molecule is Nc1ccc2nccnc2c1C=CCCNC(=O)OCc1ccccc1. The van der Waals surface area contributed by atoms with Gasteiger partial charge in [0.15, 0.2) is 0 Å². The van der Waals surface area contributed by atoms with Crippen LogP contribution in [0.1, 0.15) is 17.5 Å². The molecule has 0 aliphatic heterocycles. The van der Waals surface area contributed by atoms with Gasteiger partial charge in [-0.3, -0.25) is 9.97 Å². The lowest BCUT2D eigenvalue weighted by atomic mass is 10.1. The zero-order valence-electron chi connectivity index (χ0n) is 14.3. The van der Waals surface area contributed by atoms with Crippen molar-refractivity contribution in [3.8, 4) is 0 Å². The largest absolute Gasteiger partial charge is 0.445 e. The lowest BCUT2D eigenvalue weighted by molar-refractivity contribution is 0.140. The Balaban J connectivity index is 1.48. The number of carbonyl (C=O) groups excluding carboxylic acids is 1. The first kappa shape index (κ1) is 17.4. The Morgan fingerprint density at radius 3 is 2.77 bits per heavy atom. The number of rotatable bonds is 6. The summed E-state index contributed by atoms with van der Waals surface area (Å²) in [7, 11) is 0. The molecule has 0 bridgehead atoms. The monoisotopic (exact) mass is 348 g/mol. The van der Waals surface area contributed by atoms with Crippen LogP contribution in [0, 0.1) is 0 Å². The Labute approximate surface area is 151 Å². The van der Waals surface area contributed by atoms with Gasteiger partial charge in [0.1, 0.15) is 6.61 Å². The number of nitrogens with two attached hydrogens (primary N) is 1. The second-order valence-electron chi connectivity index (χ2n) is 5.67. The molecule has 0 atom stereocenters. The van der Waals surface area contributed by atoms with E-state index in [4.69, 9.17) is 10.5 Å². The predicted molar refractivity (Wildman–Crippen MR) is 102 cm³/mol. The molecule has 3 N–H and O–H groups in total. The molecule has 132 valence electrons. The van der Waals surface area contributed by atoms with Crippen LogP contribution in [0.5, 0.6) is 0 Å². The van der Waals surface area contributed by atoms with Crippen LogP contribution in [0.25, 0.3) is 17.1 Å². The second-order valence-corrected chi connectivity index (χ2v) is 5.67. The van der Waals surface area contributed by atoms with Gasteiger partial charge in [-0.2, -0.15) is 0 Å². The fourth-order valence-corrected chi connectivity index (χ4v) is 2.48. The third kappa shape index (κ3) is 4.57. The summed E-state index contributed by atoms with van der Waals surface area (Å²) in [5.41, 5.74) is 10.0. The Morgan fingerprint density at radius 1 is 1.12 bits per heavy atom. The molecule has 3 rings (SSSR count). The van der Waals surface area contributed by atoms with Crippen molar-refractivity contribution >= 4 is 28.9 Å². The molecule has 26 heavy (non-hydrogen) atoms. The number of nitrogens with zero attached hydrogens (tertiary/aromatic N) is 2. The Morgan fingerprint density at radius 2 is 1.92 bits per heavy atom. The van der Waals surface area contributed by atoms with Gasteiger partial charge in [-0.1, -0.05) is 42.5 Å². The number of benzene rings is 2. The minimum Gasteiger partial charge on any atom is -0.445 e. The molecule has 0 aliphatic carbocycles. The summed E-state index contributed by atoms with van der Waals surface area (Å²) >= 11 is 0. The molecule has 1 heterocycles. The Bertz CT molecular complexity index is 910. The highest BCUT2D eigenvalue weighted by atomic mass is 16.5. The van der Waals surface area contributed by atoms with E-state index in [0.29, 0.717) is 18.7 Å². The van der Waals surface area contributed by atoms with Crippen LogP contribution in [0.15, 0.2) is 60.9 Å². The quantitative estimate of drug-likeness (QED) is 0.525. The van der Waals surface area contributed by atoms with Gasteiger partial charge in [0.2, 0.25) is 0 Å². The molecule has 1 amide bonds. The molecular weight excluding hydrogens is 328 g/mol. The zero-order chi connectivity index (χ0) is 18.2. The molecule has 0 saturated heterocycles. The highest BCUT2D eigenvalue weighted by molar-refractivity contribution is 5.89. The van der Waals surface area contributed by atoms with Crippen molar-refractivity contribution in [1.82, 2.24) is 15.3 Å². The van der Waals surface area contributed by atoms with Crippen LogP contribution in [0.3, 0.4) is 0 Å². The minimum atomic E-state index is -0.433. The summed E-state index contributed by atoms with van der Waals surface area (Å²) in [6.45, 7) is 0.730. The average Bonchev–Trinajstić information content (AvgIpc) is 2.68. The van der Waals surface area contributed by atoms with E-state index in [1.54, 1.807) is 12.4 Å². The minimum absolute atomic E-state index is 0.258. The van der Waals surface area contributed by atoms with Crippen molar-refractivity contribution in [3.05, 3.63) is 72.1 Å². The van der Waals surface area contributed by atoms with E-state index in [2.05, 4.69) is 15.3 Å². The van der Waals surface area contributed by atoms with E-state index in [-0.39, 0.29) is 6.61 Å². The normalized spacial score (nSPS) is 10.9. The van der Waals surface area contributed by atoms with Gasteiger partial charge in [0.25, 0.3) is 0 Å². The maximum Gasteiger partial charge on any atom is 0.407 e. The zero-order valence-corrected chi connectivity index (χ0v) is 14.3. The van der Waals surface area contributed by atoms with Crippen molar-refractivity contribution < 1.29 is 9.53 Å². The van der Waals surface area contributed by atoms with E-state index < -0.39 is 6.09 Å². The van der Waals surface area contributed by atoms with Crippen molar-refractivity contribution in [1.29, 1.82) is 0 Å². The molecule has 2 aromatic carbocycles. The molecule has 3 aromatic rings. The van der Waals surface area contributed by atoms with Gasteiger partial charge in [-0.05, 0) is 24.1 Å². The number of ether oxygens (including phenoxy) is 1. The van der Waals surface area contributed by atoms with E-state index in [1.165, 1.54) is 0 Å². The van der Waals surface area contributed by atoms with Gasteiger partial charge in [0, 0.05) is 30.2 Å². The number of hydrogen-bond donors (Lipinski definition) is 2. The first-order valence-corrected chi connectivity index (χ1v) is 8.34. The van der Waals surface area contributed by atoms with Crippen molar-refractivity contribution in [2.75, 3.05) is 12.3 Å². The van der Waals surface area contributed by atoms with Gasteiger partial charge in [-0.25, -0.2) is 4.79 Å². The number of hydrogen-bond acceptors (Lipinski definition) is 5. The van der Waals surface area contributed by atoms with Gasteiger partial charge < -0.3 is 15.8 Å². The molecule has 0 fully saturated rings. The first-order chi connectivity index (χ1) is 12.7. The van der Waals surface area contributed by atoms with Crippen LogP contribution >= 0.6 is 0 Å². The molecular formula is C20H20N4O2. The average molecular weight is 348 g/mol. The summed E-state index contributed by atoms with van der Waals surface area (Å²) in [5.74, 6) is 0. The van der Waals surface area contributed by atoms with E-state index in [9.17, 15) is 4.79 Å². The van der Waals surface area contributed by atoms with Crippen LogP contribution in [0.4, 0.5) is 10.5 Å². The summed E-state index contributed by atoms with van der Waals surface area (Å²) in [6, 6.07) is 13.2. The standard InChI is InChI=1S/C20H20N4O2/c21-17-9-10-18-19(23-13-12-22-18)16(17)8-4-5-11-24-20(25)26-14-15-6-2-1-3-7-15/h1-4,6-10,12-13H,5,11,14,21H2,(H,24,25). The smallest absolute Gasteiger partial charge is 0.407 e.